The van der Waals surface area contributed by atoms with Crippen molar-refractivity contribution in [3.8, 4) is 0 Å². The highest BCUT2D eigenvalue weighted by atomic mass is 16.6. The van der Waals surface area contributed by atoms with Gasteiger partial charge in [0.25, 0.3) is 0 Å². The van der Waals surface area contributed by atoms with Crippen molar-refractivity contribution in [2.24, 2.45) is 0 Å². The van der Waals surface area contributed by atoms with Crippen LogP contribution in [0.5, 0.6) is 0 Å². The highest BCUT2D eigenvalue weighted by Crippen LogP contribution is 2.43. The van der Waals surface area contributed by atoms with E-state index in [0.29, 0.717) is 6.04 Å². The summed E-state index contributed by atoms with van der Waals surface area (Å²) in [4.78, 5) is 17.0. The zero-order valence-corrected chi connectivity index (χ0v) is 15.7. The van der Waals surface area contributed by atoms with Gasteiger partial charge in [-0.05, 0) is 24.8 Å². The fourth-order valence-corrected chi connectivity index (χ4v) is 4.77. The minimum Gasteiger partial charge on any atom is -0.436 e. The largest absolute Gasteiger partial charge is 0.436 e. The maximum atomic E-state index is 12.6. The van der Waals surface area contributed by atoms with Gasteiger partial charge in [-0.25, -0.2) is 4.79 Å². The molecule has 1 aliphatic carbocycles. The number of amides is 1. The van der Waals surface area contributed by atoms with Gasteiger partial charge in [0.1, 0.15) is 0 Å². The second-order valence-electron chi connectivity index (χ2n) is 8.05. The third-order valence-electron chi connectivity index (χ3n) is 6.46. The Kier molecular flexibility index (Phi) is 5.03. The van der Waals surface area contributed by atoms with Crippen molar-refractivity contribution in [2.75, 3.05) is 19.6 Å². The summed E-state index contributed by atoms with van der Waals surface area (Å²) in [5.41, 5.74) is 1.86. The zero-order chi connectivity index (χ0) is 18.0. The van der Waals surface area contributed by atoms with Crippen LogP contribution in [0, 0.1) is 0 Å². The van der Waals surface area contributed by atoms with Crippen molar-refractivity contribution in [1.82, 2.24) is 9.80 Å². The van der Waals surface area contributed by atoms with E-state index in [2.05, 4.69) is 41.8 Å². The van der Waals surface area contributed by atoms with Crippen LogP contribution in [0.25, 0.3) is 0 Å². The second-order valence-corrected chi connectivity index (χ2v) is 8.05. The Hall–Kier alpha value is -1.81. The average Bonchev–Trinajstić information content (AvgIpc) is 2.92. The van der Waals surface area contributed by atoms with Crippen molar-refractivity contribution in [3.63, 3.8) is 0 Å². The SMILES string of the molecule is C=C1N(C2CCCCC2)C(=O)OC12CCN(CCc1ccccc1)CC2. The minimum absolute atomic E-state index is 0.153. The van der Waals surface area contributed by atoms with Crippen molar-refractivity contribution in [2.45, 2.75) is 63.0 Å². The molecule has 0 N–H and O–H groups in total. The summed E-state index contributed by atoms with van der Waals surface area (Å²) in [5.74, 6) is 0. The Morgan fingerprint density at radius 2 is 1.77 bits per heavy atom. The van der Waals surface area contributed by atoms with Gasteiger partial charge in [0.15, 0.2) is 5.60 Å². The van der Waals surface area contributed by atoms with Crippen LogP contribution in [-0.4, -0.2) is 47.2 Å². The Morgan fingerprint density at radius 1 is 1.08 bits per heavy atom. The number of hydrogen-bond acceptors (Lipinski definition) is 3. The Labute approximate surface area is 156 Å². The molecular weight excluding hydrogens is 324 g/mol. The van der Waals surface area contributed by atoms with Gasteiger partial charge in [-0.1, -0.05) is 56.2 Å². The lowest BCUT2D eigenvalue weighted by atomic mass is 9.86. The minimum atomic E-state index is -0.447. The molecule has 0 radical (unpaired) electrons. The summed E-state index contributed by atoms with van der Waals surface area (Å²) in [7, 11) is 0. The quantitative estimate of drug-likeness (QED) is 0.805. The molecule has 0 atom stereocenters. The predicted octanol–water partition coefficient (Wildman–Crippen LogP) is 4.36. The van der Waals surface area contributed by atoms with Crippen molar-refractivity contribution >= 4 is 6.09 Å². The number of ether oxygens (including phenoxy) is 1. The molecule has 0 aromatic heterocycles. The fourth-order valence-electron chi connectivity index (χ4n) is 4.77. The fraction of sp³-hybridized carbons (Fsp3) is 0.591. The summed E-state index contributed by atoms with van der Waals surface area (Å²) in [6.45, 7) is 7.32. The Bertz CT molecular complexity index is 643. The van der Waals surface area contributed by atoms with Gasteiger partial charge < -0.3 is 9.64 Å². The smallest absolute Gasteiger partial charge is 0.415 e. The first-order valence-electron chi connectivity index (χ1n) is 10.2. The molecule has 4 rings (SSSR count). The Morgan fingerprint density at radius 3 is 2.46 bits per heavy atom. The molecule has 4 nitrogen and oxygen atoms in total. The number of likely N-dealkylation sites (tertiary alicyclic amines) is 1. The van der Waals surface area contributed by atoms with Crippen LogP contribution in [-0.2, 0) is 11.2 Å². The van der Waals surface area contributed by atoms with Crippen LogP contribution >= 0.6 is 0 Å². The lowest BCUT2D eigenvalue weighted by molar-refractivity contribution is 0.0149. The lowest BCUT2D eigenvalue weighted by Gasteiger charge is -2.39. The third-order valence-corrected chi connectivity index (χ3v) is 6.46. The van der Waals surface area contributed by atoms with Crippen molar-refractivity contribution < 1.29 is 9.53 Å². The van der Waals surface area contributed by atoms with Crippen LogP contribution in [0.4, 0.5) is 4.79 Å². The van der Waals surface area contributed by atoms with Crippen LogP contribution in [0.3, 0.4) is 0 Å². The number of hydrogen-bond donors (Lipinski definition) is 0. The molecule has 1 amide bonds. The van der Waals surface area contributed by atoms with Gasteiger partial charge in [0, 0.05) is 38.5 Å². The maximum absolute atomic E-state index is 12.6. The van der Waals surface area contributed by atoms with Crippen LogP contribution in [0.15, 0.2) is 42.6 Å². The summed E-state index contributed by atoms with van der Waals surface area (Å²) in [5, 5.41) is 0. The van der Waals surface area contributed by atoms with Crippen LogP contribution in [0.1, 0.15) is 50.5 Å². The highest BCUT2D eigenvalue weighted by molar-refractivity contribution is 5.75. The molecule has 1 aromatic rings. The highest BCUT2D eigenvalue weighted by Gasteiger charge is 2.52. The normalized spacial score (nSPS) is 24.2. The van der Waals surface area contributed by atoms with E-state index >= 15 is 0 Å². The first kappa shape index (κ1) is 17.6. The standard InChI is InChI=1S/C22H30N2O2/c1-18-22(26-21(25)24(18)20-10-6-3-7-11-20)13-16-23(17-14-22)15-12-19-8-4-2-5-9-19/h2,4-5,8-9,20H,1,3,6-7,10-17H2. The van der Waals surface area contributed by atoms with E-state index in [9.17, 15) is 4.79 Å². The molecule has 2 aliphatic heterocycles. The maximum Gasteiger partial charge on any atom is 0.415 e. The van der Waals surface area contributed by atoms with E-state index in [0.717, 1.165) is 57.4 Å². The van der Waals surface area contributed by atoms with Gasteiger partial charge >= 0.3 is 6.09 Å². The second kappa shape index (κ2) is 7.43. The Balaban J connectivity index is 1.34. The first-order chi connectivity index (χ1) is 12.7. The molecule has 4 heteroatoms. The summed E-state index contributed by atoms with van der Waals surface area (Å²) < 4.78 is 5.94. The molecule has 1 saturated carbocycles. The van der Waals surface area contributed by atoms with Crippen molar-refractivity contribution in [3.05, 3.63) is 48.2 Å². The molecule has 140 valence electrons. The number of rotatable bonds is 4. The van der Waals surface area contributed by atoms with Gasteiger partial charge in [-0.15, -0.1) is 0 Å². The number of piperidine rings is 1. The first-order valence-corrected chi connectivity index (χ1v) is 10.2. The van der Waals surface area contributed by atoms with Gasteiger partial charge in [-0.2, -0.15) is 0 Å². The average molecular weight is 354 g/mol. The van der Waals surface area contributed by atoms with E-state index in [-0.39, 0.29) is 6.09 Å². The monoisotopic (exact) mass is 354 g/mol. The van der Waals surface area contributed by atoms with Gasteiger partial charge in [0.05, 0.1) is 5.70 Å². The zero-order valence-electron chi connectivity index (χ0n) is 15.7. The summed E-state index contributed by atoms with van der Waals surface area (Å²) in [6, 6.07) is 10.9. The molecule has 1 spiro atoms. The molecule has 1 aromatic carbocycles. The molecule has 3 fully saturated rings. The van der Waals surface area contributed by atoms with E-state index in [1.54, 1.807) is 0 Å². The number of carbonyl (C=O) groups is 1. The van der Waals surface area contributed by atoms with Crippen LogP contribution < -0.4 is 0 Å². The van der Waals surface area contributed by atoms with Crippen LogP contribution in [0.2, 0.25) is 0 Å². The topological polar surface area (TPSA) is 32.8 Å². The summed E-state index contributed by atoms with van der Waals surface area (Å²) in [6.07, 6.45) is 8.55. The number of nitrogens with zero attached hydrogens (tertiary/aromatic N) is 2. The van der Waals surface area contributed by atoms with E-state index in [1.807, 2.05) is 4.90 Å². The molecule has 0 bridgehead atoms. The predicted molar refractivity (Wildman–Crippen MR) is 103 cm³/mol. The molecule has 26 heavy (non-hydrogen) atoms. The van der Waals surface area contributed by atoms with Crippen molar-refractivity contribution in [1.29, 1.82) is 0 Å². The molecular formula is C22H30N2O2. The summed E-state index contributed by atoms with van der Waals surface area (Å²) >= 11 is 0. The molecule has 2 heterocycles. The van der Waals surface area contributed by atoms with Gasteiger partial charge in [0.2, 0.25) is 0 Å². The van der Waals surface area contributed by atoms with Gasteiger partial charge in [-0.3, -0.25) is 4.90 Å². The van der Waals surface area contributed by atoms with E-state index in [4.69, 9.17) is 4.74 Å². The number of carbonyl (C=O) groups excluding carboxylic acids is 1. The third kappa shape index (κ3) is 3.39. The van der Waals surface area contributed by atoms with E-state index in [1.165, 1.54) is 24.8 Å². The molecule has 3 aliphatic rings. The lowest BCUT2D eigenvalue weighted by Crippen LogP contribution is -2.46. The molecule has 2 saturated heterocycles. The van der Waals surface area contributed by atoms with E-state index < -0.39 is 5.60 Å². The number of benzene rings is 1. The molecule has 0 unspecified atom stereocenters.